The van der Waals surface area contributed by atoms with Crippen molar-refractivity contribution in [2.45, 2.75) is 48.0 Å². The number of allylic oxidation sites excluding steroid dienone is 1. The summed E-state index contributed by atoms with van der Waals surface area (Å²) in [4.78, 5) is 14.4. The van der Waals surface area contributed by atoms with E-state index in [4.69, 9.17) is 14.9 Å². The number of benzene rings is 2. The van der Waals surface area contributed by atoms with Gasteiger partial charge in [0.2, 0.25) is 0 Å². The monoisotopic (exact) mass is 524 g/mol. The first-order valence-corrected chi connectivity index (χ1v) is 11.2. The smallest absolute Gasteiger partial charge is 0.123 e. The molecule has 0 bridgehead atoms. The third kappa shape index (κ3) is 8.31. The molecule has 3 aromatic rings. The number of rotatable bonds is 5. The van der Waals surface area contributed by atoms with Gasteiger partial charge in [0.15, 0.2) is 0 Å². The average molecular weight is 525 g/mol. The van der Waals surface area contributed by atoms with Gasteiger partial charge in [-0.25, -0.2) is 4.98 Å². The van der Waals surface area contributed by atoms with Crippen molar-refractivity contribution < 1.29 is 42.6 Å². The molecule has 0 saturated heterocycles. The minimum absolute atomic E-state index is 0. The molecular weight excluding hydrogens is 491 g/mol. The Bertz CT molecular complexity index is 994. The van der Waals surface area contributed by atoms with E-state index < -0.39 is 0 Å². The van der Waals surface area contributed by atoms with Crippen LogP contribution in [-0.2, 0) is 43.9 Å². The van der Waals surface area contributed by atoms with E-state index in [9.17, 15) is 0 Å². The summed E-state index contributed by atoms with van der Waals surface area (Å²) in [5, 5.41) is 7.86. The molecule has 0 fully saturated rings. The van der Waals surface area contributed by atoms with Crippen LogP contribution in [-0.4, -0.2) is 16.6 Å². The van der Waals surface area contributed by atoms with E-state index in [1.807, 2.05) is 19.9 Å². The molecule has 1 radical (unpaired) electrons. The Morgan fingerprint density at radius 2 is 1.72 bits per heavy atom. The summed E-state index contributed by atoms with van der Waals surface area (Å²) in [6.07, 6.45) is 0.933. The fraction of sp³-hybridized carbons (Fsp3) is 0.296. The quantitative estimate of drug-likeness (QED) is 0.351. The van der Waals surface area contributed by atoms with Crippen molar-refractivity contribution >= 4 is 23.4 Å². The fourth-order valence-electron chi connectivity index (χ4n) is 3.05. The van der Waals surface area contributed by atoms with Crippen molar-refractivity contribution in [1.29, 1.82) is 0 Å². The van der Waals surface area contributed by atoms with Gasteiger partial charge >= 0.3 is 0 Å². The number of aliphatic hydroxyl groups excluding tert-OH is 1. The normalized spacial score (nSPS) is 9.94. The van der Waals surface area contributed by atoms with E-state index in [-0.39, 0.29) is 38.1 Å². The first-order chi connectivity index (χ1) is 14.7. The maximum absolute atomic E-state index is 8.24. The van der Waals surface area contributed by atoms with Gasteiger partial charge in [0, 0.05) is 43.1 Å². The standard InChI is InChI=1S/C24H26NS.C2H6.CHO2.Y/c1-16-12-13-21(14-17(16)2)18(3)24(5,6)15-22-19(4)25-23(26-22)20-10-8-7-9-11-20;1-2;2-1-3;/h7-14H,2-3,15H2,1,4-6H3;1-2H3;(H,2,3);/q-1;;-1;. The summed E-state index contributed by atoms with van der Waals surface area (Å²) in [5.41, 5.74) is 6.87. The van der Waals surface area contributed by atoms with Crippen molar-refractivity contribution in [2.24, 2.45) is 5.41 Å². The van der Waals surface area contributed by atoms with E-state index in [0.717, 1.165) is 28.3 Å². The zero-order valence-corrected chi connectivity index (χ0v) is 23.7. The molecular formula is C27H33NO2SY-2. The van der Waals surface area contributed by atoms with Crippen LogP contribution in [0.5, 0.6) is 0 Å². The molecule has 1 aromatic heterocycles. The molecule has 0 spiro atoms. The van der Waals surface area contributed by atoms with Crippen LogP contribution >= 0.6 is 11.3 Å². The Labute approximate surface area is 222 Å². The molecule has 1 heterocycles. The minimum Gasteiger partial charge on any atom is -0.665 e. The topological polar surface area (TPSA) is 50.2 Å². The Morgan fingerprint density at radius 1 is 1.16 bits per heavy atom. The number of hydrogen-bond acceptors (Lipinski definition) is 3. The zero-order valence-electron chi connectivity index (χ0n) is 20.0. The second-order valence-electron chi connectivity index (χ2n) is 7.67. The van der Waals surface area contributed by atoms with Gasteiger partial charge in [0.1, 0.15) is 5.01 Å². The van der Waals surface area contributed by atoms with E-state index in [2.05, 4.69) is 83.7 Å². The maximum Gasteiger partial charge on any atom is 0.123 e. The zero-order chi connectivity index (χ0) is 23.6. The van der Waals surface area contributed by atoms with Gasteiger partial charge in [-0.15, -0.1) is 17.4 Å². The summed E-state index contributed by atoms with van der Waals surface area (Å²) >= 11 is 1.79. The Kier molecular flexibility index (Phi) is 13.6. The van der Waals surface area contributed by atoms with Crippen LogP contribution in [0.3, 0.4) is 0 Å². The summed E-state index contributed by atoms with van der Waals surface area (Å²) < 4.78 is 0. The Morgan fingerprint density at radius 3 is 2.25 bits per heavy atom. The van der Waals surface area contributed by atoms with Gasteiger partial charge in [0.05, 0.1) is 5.69 Å². The molecule has 0 unspecified atom stereocenters. The Balaban J connectivity index is 0.00000148. The number of aromatic nitrogens is 1. The molecule has 0 amide bonds. The van der Waals surface area contributed by atoms with Crippen LogP contribution in [0, 0.1) is 26.2 Å². The van der Waals surface area contributed by atoms with Crippen LogP contribution in [0.4, 0.5) is 0 Å². The van der Waals surface area contributed by atoms with Gasteiger partial charge in [0.25, 0.3) is 0 Å². The summed E-state index contributed by atoms with van der Waals surface area (Å²) in [6, 6.07) is 16.8. The third-order valence-corrected chi connectivity index (χ3v) is 6.24. The molecule has 5 heteroatoms. The van der Waals surface area contributed by atoms with Crippen molar-refractivity contribution in [1.82, 2.24) is 4.98 Å². The van der Waals surface area contributed by atoms with E-state index in [0.29, 0.717) is 6.47 Å². The average Bonchev–Trinajstić information content (AvgIpc) is 3.12. The molecule has 1 N–H and O–H groups in total. The summed E-state index contributed by atoms with van der Waals surface area (Å²) in [5.74, 6) is 0. The van der Waals surface area contributed by atoms with Crippen LogP contribution in [0.2, 0.25) is 0 Å². The third-order valence-electron chi connectivity index (χ3n) is 5.03. The predicted octanol–water partition coefficient (Wildman–Crippen LogP) is 7.53. The van der Waals surface area contributed by atoms with E-state index in [1.54, 1.807) is 11.3 Å². The molecule has 0 aliphatic carbocycles. The van der Waals surface area contributed by atoms with Crippen LogP contribution < -0.4 is 0 Å². The molecule has 0 aliphatic rings. The van der Waals surface area contributed by atoms with Crippen molar-refractivity contribution in [3.8, 4) is 10.6 Å². The SMILES string of the molecule is C=C(c1ccc(C)c([CH2-])c1)C(C)(C)Cc1sc(-c2ccccc2)nc1C.CC.O=[C-]O.[Y]. The van der Waals surface area contributed by atoms with Gasteiger partial charge < -0.3 is 9.90 Å². The molecule has 169 valence electrons. The summed E-state index contributed by atoms with van der Waals surface area (Å²) in [6.45, 7) is 21.8. The second-order valence-corrected chi connectivity index (χ2v) is 8.75. The molecule has 3 nitrogen and oxygen atoms in total. The Hall–Kier alpha value is -1.75. The molecule has 2 aromatic carbocycles. The number of hydrogen-bond donors (Lipinski definition) is 1. The van der Waals surface area contributed by atoms with Gasteiger partial charge in [-0.05, 0) is 18.8 Å². The van der Waals surface area contributed by atoms with Crippen molar-refractivity contribution in [3.05, 3.63) is 89.3 Å². The molecule has 32 heavy (non-hydrogen) atoms. The molecule has 0 atom stereocenters. The number of aryl methyl sites for hydroxylation is 2. The molecule has 0 saturated carbocycles. The second kappa shape index (κ2) is 14.4. The van der Waals surface area contributed by atoms with E-state index >= 15 is 0 Å². The summed E-state index contributed by atoms with van der Waals surface area (Å²) in [7, 11) is 0. The van der Waals surface area contributed by atoms with Gasteiger partial charge in [-0.1, -0.05) is 95.2 Å². The molecule has 3 rings (SSSR count). The van der Waals surface area contributed by atoms with Crippen LogP contribution in [0.15, 0.2) is 55.1 Å². The van der Waals surface area contributed by atoms with Gasteiger partial charge in [-0.2, -0.15) is 24.1 Å². The first-order valence-electron chi connectivity index (χ1n) is 10.3. The van der Waals surface area contributed by atoms with Crippen molar-refractivity contribution in [3.63, 3.8) is 0 Å². The molecule has 0 aliphatic heterocycles. The minimum atomic E-state index is -0.0487. The van der Waals surface area contributed by atoms with Gasteiger partial charge in [-0.3, -0.25) is 0 Å². The number of nitrogens with zero attached hydrogens (tertiary/aromatic N) is 1. The fourth-order valence-corrected chi connectivity index (χ4v) is 4.35. The predicted molar refractivity (Wildman–Crippen MR) is 134 cm³/mol. The largest absolute Gasteiger partial charge is 0.665 e. The first kappa shape index (κ1) is 30.3. The maximum atomic E-state index is 8.24. The van der Waals surface area contributed by atoms with Crippen LogP contribution in [0.25, 0.3) is 16.1 Å². The van der Waals surface area contributed by atoms with Crippen molar-refractivity contribution in [2.75, 3.05) is 0 Å². The number of thiazole rings is 1. The van der Waals surface area contributed by atoms with E-state index in [1.165, 1.54) is 21.6 Å². The van der Waals surface area contributed by atoms with Crippen LogP contribution in [0.1, 0.15) is 55.0 Å².